The molecule has 4 rings (SSSR count). The quantitative estimate of drug-likeness (QED) is 0.523. The van der Waals surface area contributed by atoms with Crippen LogP contribution in [0.5, 0.6) is 0 Å². The highest BCUT2D eigenvalue weighted by Gasteiger charge is 2.34. The van der Waals surface area contributed by atoms with Gasteiger partial charge in [-0.15, -0.1) is 0 Å². The number of benzene rings is 2. The molecule has 0 radical (unpaired) electrons. The summed E-state index contributed by atoms with van der Waals surface area (Å²) >= 11 is 5.94. The Labute approximate surface area is 155 Å². The molecule has 0 heterocycles. The molecule has 2 fully saturated rings. The Kier molecular flexibility index (Phi) is 4.86. The summed E-state index contributed by atoms with van der Waals surface area (Å²) in [7, 11) is 0. The van der Waals surface area contributed by atoms with Crippen molar-refractivity contribution < 1.29 is 4.39 Å². The number of rotatable bonds is 2. The van der Waals surface area contributed by atoms with Crippen molar-refractivity contribution in [2.45, 2.75) is 51.4 Å². The van der Waals surface area contributed by atoms with E-state index in [4.69, 9.17) is 11.6 Å². The maximum absolute atomic E-state index is 14.7. The lowest BCUT2D eigenvalue weighted by atomic mass is 9.64. The molecule has 0 N–H and O–H groups in total. The van der Waals surface area contributed by atoms with Gasteiger partial charge in [-0.05, 0) is 85.1 Å². The van der Waals surface area contributed by atoms with Crippen LogP contribution >= 0.6 is 11.6 Å². The van der Waals surface area contributed by atoms with E-state index in [0.29, 0.717) is 16.5 Å². The lowest BCUT2D eigenvalue weighted by molar-refractivity contribution is 0.124. The molecule has 2 saturated carbocycles. The Morgan fingerprint density at radius 1 is 0.880 bits per heavy atom. The van der Waals surface area contributed by atoms with Crippen molar-refractivity contribution in [1.29, 1.82) is 0 Å². The highest BCUT2D eigenvalue weighted by atomic mass is 35.5. The molecule has 0 saturated heterocycles. The van der Waals surface area contributed by atoms with Crippen LogP contribution in [0.25, 0.3) is 11.1 Å². The number of hydrogen-bond donors (Lipinski definition) is 0. The summed E-state index contributed by atoms with van der Waals surface area (Å²) in [6.45, 7) is 2.40. The third-order valence-electron chi connectivity index (χ3n) is 6.50. The van der Waals surface area contributed by atoms with Crippen molar-refractivity contribution in [3.05, 3.63) is 58.9 Å². The van der Waals surface area contributed by atoms with Gasteiger partial charge in [0.15, 0.2) is 0 Å². The molecule has 25 heavy (non-hydrogen) atoms. The van der Waals surface area contributed by atoms with E-state index < -0.39 is 0 Å². The van der Waals surface area contributed by atoms with Gasteiger partial charge in [-0.25, -0.2) is 4.39 Å². The minimum atomic E-state index is -0.112. The molecule has 2 aliphatic carbocycles. The van der Waals surface area contributed by atoms with Gasteiger partial charge in [0.2, 0.25) is 0 Å². The van der Waals surface area contributed by atoms with Gasteiger partial charge < -0.3 is 0 Å². The Balaban J connectivity index is 1.52. The molecule has 2 aromatic carbocycles. The molecule has 0 bridgehead atoms. The summed E-state index contributed by atoms with van der Waals surface area (Å²) in [6.07, 6.45) is 7.93. The van der Waals surface area contributed by atoms with Crippen molar-refractivity contribution in [3.8, 4) is 11.1 Å². The molecule has 4 atom stereocenters. The Hall–Kier alpha value is -1.34. The molecular formula is C23H26ClF. The SMILES string of the molecule is CC1CCC2CC(c3ccc(-c4ccc(Cl)cc4)c(F)c3)CCC2C1. The lowest BCUT2D eigenvalue weighted by Gasteiger charge is -2.41. The van der Waals surface area contributed by atoms with Crippen LogP contribution in [0, 0.1) is 23.6 Å². The molecule has 0 spiro atoms. The van der Waals surface area contributed by atoms with E-state index in [1.54, 1.807) is 6.07 Å². The van der Waals surface area contributed by atoms with E-state index in [0.717, 1.165) is 23.3 Å². The first kappa shape index (κ1) is 17.1. The third-order valence-corrected chi connectivity index (χ3v) is 6.75. The first-order chi connectivity index (χ1) is 12.1. The summed E-state index contributed by atoms with van der Waals surface area (Å²) in [5.74, 6) is 3.09. The van der Waals surface area contributed by atoms with Gasteiger partial charge in [-0.1, -0.05) is 49.2 Å². The minimum absolute atomic E-state index is 0.112. The largest absolute Gasteiger partial charge is 0.206 e. The van der Waals surface area contributed by atoms with E-state index in [1.807, 2.05) is 30.3 Å². The maximum atomic E-state index is 14.7. The molecule has 2 aliphatic rings. The van der Waals surface area contributed by atoms with Crippen molar-refractivity contribution >= 4 is 11.6 Å². The van der Waals surface area contributed by atoms with Crippen LogP contribution in [-0.4, -0.2) is 0 Å². The van der Waals surface area contributed by atoms with Crippen molar-refractivity contribution in [2.24, 2.45) is 17.8 Å². The third kappa shape index (κ3) is 3.62. The van der Waals surface area contributed by atoms with Gasteiger partial charge in [0.1, 0.15) is 5.82 Å². The molecule has 0 aromatic heterocycles. The average Bonchev–Trinajstić information content (AvgIpc) is 2.62. The summed E-state index contributed by atoms with van der Waals surface area (Å²) in [6, 6.07) is 13.3. The monoisotopic (exact) mass is 356 g/mol. The number of hydrogen-bond acceptors (Lipinski definition) is 0. The number of fused-ring (bicyclic) bond motifs is 1. The predicted octanol–water partition coefficient (Wildman–Crippen LogP) is 7.47. The Bertz CT molecular complexity index is 736. The smallest absolute Gasteiger partial charge is 0.131 e. The molecular weight excluding hydrogens is 331 g/mol. The van der Waals surface area contributed by atoms with E-state index >= 15 is 0 Å². The maximum Gasteiger partial charge on any atom is 0.131 e. The highest BCUT2D eigenvalue weighted by molar-refractivity contribution is 6.30. The van der Waals surface area contributed by atoms with Gasteiger partial charge >= 0.3 is 0 Å². The molecule has 2 aromatic rings. The zero-order valence-electron chi connectivity index (χ0n) is 14.8. The summed E-state index contributed by atoms with van der Waals surface area (Å²) in [5, 5.41) is 0.680. The molecule has 0 amide bonds. The average molecular weight is 357 g/mol. The van der Waals surface area contributed by atoms with E-state index in [-0.39, 0.29) is 5.82 Å². The van der Waals surface area contributed by atoms with Gasteiger partial charge in [0, 0.05) is 10.6 Å². The minimum Gasteiger partial charge on any atom is -0.206 e. The second-order valence-corrected chi connectivity index (χ2v) is 8.63. The van der Waals surface area contributed by atoms with E-state index in [9.17, 15) is 4.39 Å². The first-order valence-electron chi connectivity index (χ1n) is 9.65. The molecule has 132 valence electrons. The van der Waals surface area contributed by atoms with Crippen LogP contribution < -0.4 is 0 Å². The standard InChI is InChI=1S/C23H26ClF/c1-15-2-3-18-13-19(5-4-17(18)12-15)20-8-11-22(23(25)14-20)16-6-9-21(24)10-7-16/h6-11,14-15,17-19H,2-5,12-13H2,1H3. The lowest BCUT2D eigenvalue weighted by Crippen LogP contribution is -2.29. The van der Waals surface area contributed by atoms with Gasteiger partial charge in [0.25, 0.3) is 0 Å². The molecule has 0 aliphatic heterocycles. The van der Waals surface area contributed by atoms with E-state index in [1.165, 1.54) is 44.1 Å². The zero-order valence-corrected chi connectivity index (χ0v) is 15.6. The van der Waals surface area contributed by atoms with Crippen LogP contribution in [0.2, 0.25) is 5.02 Å². The summed E-state index contributed by atoms with van der Waals surface area (Å²) < 4.78 is 14.7. The van der Waals surface area contributed by atoms with Crippen LogP contribution in [0.3, 0.4) is 0 Å². The van der Waals surface area contributed by atoms with Crippen LogP contribution in [0.1, 0.15) is 56.9 Å². The van der Waals surface area contributed by atoms with Gasteiger partial charge in [-0.2, -0.15) is 0 Å². The fraction of sp³-hybridized carbons (Fsp3) is 0.478. The highest BCUT2D eigenvalue weighted by Crippen LogP contribution is 2.47. The molecule has 4 unspecified atom stereocenters. The molecule has 0 nitrogen and oxygen atoms in total. The first-order valence-corrected chi connectivity index (χ1v) is 10.0. The second kappa shape index (κ2) is 7.11. The van der Waals surface area contributed by atoms with Crippen LogP contribution in [0.15, 0.2) is 42.5 Å². The number of halogens is 2. The Morgan fingerprint density at radius 3 is 2.36 bits per heavy atom. The summed E-state index contributed by atoms with van der Waals surface area (Å²) in [5.41, 5.74) is 2.74. The zero-order chi connectivity index (χ0) is 17.4. The molecule has 2 heteroatoms. The van der Waals surface area contributed by atoms with Crippen molar-refractivity contribution in [2.75, 3.05) is 0 Å². The topological polar surface area (TPSA) is 0 Å². The van der Waals surface area contributed by atoms with Crippen LogP contribution in [-0.2, 0) is 0 Å². The van der Waals surface area contributed by atoms with Gasteiger partial charge in [0.05, 0.1) is 0 Å². The van der Waals surface area contributed by atoms with Crippen molar-refractivity contribution in [1.82, 2.24) is 0 Å². The summed E-state index contributed by atoms with van der Waals surface area (Å²) in [4.78, 5) is 0. The normalized spacial score (nSPS) is 29.2. The second-order valence-electron chi connectivity index (χ2n) is 8.19. The van der Waals surface area contributed by atoms with Crippen molar-refractivity contribution in [3.63, 3.8) is 0 Å². The fourth-order valence-corrected chi connectivity index (χ4v) is 5.20. The van der Waals surface area contributed by atoms with E-state index in [2.05, 4.69) is 13.0 Å². The predicted molar refractivity (Wildman–Crippen MR) is 103 cm³/mol. The van der Waals surface area contributed by atoms with Gasteiger partial charge in [-0.3, -0.25) is 0 Å². The van der Waals surface area contributed by atoms with Crippen LogP contribution in [0.4, 0.5) is 4.39 Å². The Morgan fingerprint density at radius 2 is 1.60 bits per heavy atom. The fourth-order valence-electron chi connectivity index (χ4n) is 5.08.